The van der Waals surface area contributed by atoms with E-state index in [1.54, 1.807) is 23.9 Å². The van der Waals surface area contributed by atoms with Crippen molar-refractivity contribution in [3.8, 4) is 11.5 Å². The van der Waals surface area contributed by atoms with Gasteiger partial charge < -0.3 is 15.5 Å². The van der Waals surface area contributed by atoms with E-state index in [9.17, 15) is 15.0 Å². The van der Waals surface area contributed by atoms with Crippen molar-refractivity contribution in [1.29, 1.82) is 0 Å². The summed E-state index contributed by atoms with van der Waals surface area (Å²) in [6, 6.07) is 6.37. The Morgan fingerprint density at radius 3 is 2.62 bits per heavy atom. The molecule has 0 radical (unpaired) electrons. The maximum Gasteiger partial charge on any atom is 0.228 e. The van der Waals surface area contributed by atoms with Gasteiger partial charge >= 0.3 is 0 Å². The van der Waals surface area contributed by atoms with Crippen LogP contribution in [0, 0.1) is 12.8 Å². The summed E-state index contributed by atoms with van der Waals surface area (Å²) in [5.74, 6) is -0.0869. The molecule has 1 amide bonds. The normalized spacial score (nSPS) is 12.1. The lowest BCUT2D eigenvalue weighted by atomic mass is 10.00. The van der Waals surface area contributed by atoms with Crippen molar-refractivity contribution >= 4 is 11.7 Å². The first-order valence-electron chi connectivity index (χ1n) is 6.69. The summed E-state index contributed by atoms with van der Waals surface area (Å²) < 4.78 is 1.62. The number of nitrogens with one attached hydrogen (secondary N) is 1. The summed E-state index contributed by atoms with van der Waals surface area (Å²) in [5.41, 5.74) is 1.62. The summed E-state index contributed by atoms with van der Waals surface area (Å²) in [6.45, 7) is 3.67. The largest absolute Gasteiger partial charge is 0.504 e. The Morgan fingerprint density at radius 1 is 1.33 bits per heavy atom. The van der Waals surface area contributed by atoms with Crippen molar-refractivity contribution in [2.45, 2.75) is 20.3 Å². The number of carbonyl (C=O) groups excluding carboxylic acids is 1. The molecule has 0 aliphatic carbocycles. The highest BCUT2D eigenvalue weighted by Crippen LogP contribution is 2.26. The van der Waals surface area contributed by atoms with Crippen LogP contribution in [0.25, 0.3) is 0 Å². The summed E-state index contributed by atoms with van der Waals surface area (Å²) in [6.07, 6.45) is 0.469. The number of hydrogen-bond acceptors (Lipinski definition) is 4. The predicted molar refractivity (Wildman–Crippen MR) is 79.2 cm³/mol. The van der Waals surface area contributed by atoms with Crippen LogP contribution in [0.3, 0.4) is 0 Å². The van der Waals surface area contributed by atoms with Crippen molar-refractivity contribution in [3.05, 3.63) is 35.5 Å². The molecule has 1 heterocycles. The summed E-state index contributed by atoms with van der Waals surface area (Å²) >= 11 is 0. The topological polar surface area (TPSA) is 87.4 Å². The zero-order valence-electron chi connectivity index (χ0n) is 12.3. The molecule has 0 bridgehead atoms. The molecular weight excluding hydrogens is 270 g/mol. The van der Waals surface area contributed by atoms with Gasteiger partial charge in [-0.15, -0.1) is 0 Å². The molecule has 0 aliphatic rings. The number of benzene rings is 1. The number of rotatable bonds is 4. The number of aryl methyl sites for hydroxylation is 2. The van der Waals surface area contributed by atoms with E-state index in [1.807, 2.05) is 13.8 Å². The average molecular weight is 289 g/mol. The van der Waals surface area contributed by atoms with Gasteiger partial charge in [-0.25, -0.2) is 0 Å². The Hall–Kier alpha value is -2.50. The summed E-state index contributed by atoms with van der Waals surface area (Å²) in [7, 11) is 1.77. The molecule has 6 heteroatoms. The van der Waals surface area contributed by atoms with Crippen molar-refractivity contribution in [2.24, 2.45) is 13.0 Å². The smallest absolute Gasteiger partial charge is 0.228 e. The van der Waals surface area contributed by atoms with Crippen LogP contribution in [0.2, 0.25) is 0 Å². The fourth-order valence-electron chi connectivity index (χ4n) is 2.12. The number of amides is 1. The van der Waals surface area contributed by atoms with E-state index >= 15 is 0 Å². The van der Waals surface area contributed by atoms with Gasteiger partial charge in [0.25, 0.3) is 0 Å². The molecule has 1 unspecified atom stereocenters. The lowest BCUT2D eigenvalue weighted by Crippen LogP contribution is -2.23. The predicted octanol–water partition coefficient (Wildman–Crippen LogP) is 1.96. The van der Waals surface area contributed by atoms with E-state index in [0.29, 0.717) is 12.2 Å². The third-order valence-corrected chi connectivity index (χ3v) is 3.28. The highest BCUT2D eigenvalue weighted by molar-refractivity contribution is 5.91. The van der Waals surface area contributed by atoms with Gasteiger partial charge in [-0.1, -0.05) is 13.0 Å². The van der Waals surface area contributed by atoms with Crippen LogP contribution in [-0.2, 0) is 18.3 Å². The Morgan fingerprint density at radius 2 is 2.05 bits per heavy atom. The molecule has 1 aromatic heterocycles. The molecule has 1 atom stereocenters. The number of aromatic hydroxyl groups is 2. The third-order valence-electron chi connectivity index (χ3n) is 3.28. The highest BCUT2D eigenvalue weighted by atomic mass is 16.3. The second kappa shape index (κ2) is 5.87. The number of anilines is 1. The minimum absolute atomic E-state index is 0.120. The second-order valence-electron chi connectivity index (χ2n) is 5.21. The van der Waals surface area contributed by atoms with E-state index in [-0.39, 0.29) is 23.3 Å². The van der Waals surface area contributed by atoms with Crippen molar-refractivity contribution in [1.82, 2.24) is 9.78 Å². The van der Waals surface area contributed by atoms with Crippen molar-refractivity contribution in [2.75, 3.05) is 5.32 Å². The Bertz CT molecular complexity index is 664. The SMILES string of the molecule is Cc1cc(NC(=O)C(C)Cc2ccc(O)c(O)c2)n(C)n1. The van der Waals surface area contributed by atoms with Crippen molar-refractivity contribution < 1.29 is 15.0 Å². The van der Waals surface area contributed by atoms with Crippen LogP contribution in [0.1, 0.15) is 18.2 Å². The van der Waals surface area contributed by atoms with E-state index in [1.165, 1.54) is 12.1 Å². The number of carbonyl (C=O) groups is 1. The van der Waals surface area contributed by atoms with E-state index in [4.69, 9.17) is 0 Å². The van der Waals surface area contributed by atoms with Crippen LogP contribution in [0.5, 0.6) is 11.5 Å². The molecule has 2 rings (SSSR count). The molecule has 0 fully saturated rings. The second-order valence-corrected chi connectivity index (χ2v) is 5.21. The molecule has 6 nitrogen and oxygen atoms in total. The third kappa shape index (κ3) is 3.53. The molecule has 2 aromatic rings. The quantitative estimate of drug-likeness (QED) is 0.751. The Labute approximate surface area is 123 Å². The van der Waals surface area contributed by atoms with Gasteiger partial charge in [0.15, 0.2) is 11.5 Å². The van der Waals surface area contributed by atoms with Gasteiger partial charge in [-0.3, -0.25) is 9.48 Å². The Kier molecular flexibility index (Phi) is 4.16. The van der Waals surface area contributed by atoms with E-state index in [0.717, 1.165) is 11.3 Å². The minimum atomic E-state index is -0.274. The standard InChI is InChI=1S/C15H19N3O3/c1-9(6-11-4-5-12(19)13(20)8-11)15(21)16-14-7-10(2)17-18(14)3/h4-5,7-9,19-20H,6H2,1-3H3,(H,16,21). The minimum Gasteiger partial charge on any atom is -0.504 e. The summed E-state index contributed by atoms with van der Waals surface area (Å²) in [5, 5.41) is 25.7. The van der Waals surface area contributed by atoms with Gasteiger partial charge in [-0.05, 0) is 31.0 Å². The Balaban J connectivity index is 2.02. The molecule has 21 heavy (non-hydrogen) atoms. The van der Waals surface area contributed by atoms with Gasteiger partial charge in [0, 0.05) is 19.0 Å². The number of phenols is 2. The van der Waals surface area contributed by atoms with E-state index in [2.05, 4.69) is 10.4 Å². The van der Waals surface area contributed by atoms with Crippen LogP contribution in [-0.4, -0.2) is 25.9 Å². The maximum absolute atomic E-state index is 12.2. The number of aromatic nitrogens is 2. The highest BCUT2D eigenvalue weighted by Gasteiger charge is 2.16. The first-order chi connectivity index (χ1) is 9.86. The zero-order chi connectivity index (χ0) is 15.6. The fourth-order valence-corrected chi connectivity index (χ4v) is 2.12. The monoisotopic (exact) mass is 289 g/mol. The molecule has 0 saturated heterocycles. The van der Waals surface area contributed by atoms with Gasteiger partial charge in [0.2, 0.25) is 5.91 Å². The first kappa shape index (κ1) is 14.9. The van der Waals surface area contributed by atoms with E-state index < -0.39 is 0 Å². The maximum atomic E-state index is 12.2. The molecular formula is C15H19N3O3. The molecule has 0 saturated carbocycles. The first-order valence-corrected chi connectivity index (χ1v) is 6.69. The van der Waals surface area contributed by atoms with Crippen LogP contribution < -0.4 is 5.32 Å². The van der Waals surface area contributed by atoms with Gasteiger partial charge in [-0.2, -0.15) is 5.10 Å². The summed E-state index contributed by atoms with van der Waals surface area (Å²) in [4.78, 5) is 12.2. The lowest BCUT2D eigenvalue weighted by molar-refractivity contribution is -0.119. The fraction of sp³-hybridized carbons (Fsp3) is 0.333. The van der Waals surface area contributed by atoms with Crippen LogP contribution >= 0.6 is 0 Å². The molecule has 0 aliphatic heterocycles. The zero-order valence-corrected chi connectivity index (χ0v) is 12.3. The van der Waals surface area contributed by atoms with Gasteiger partial charge in [0.1, 0.15) is 5.82 Å². The number of hydrogen-bond donors (Lipinski definition) is 3. The number of phenolic OH excluding ortho intramolecular Hbond substituents is 2. The van der Waals surface area contributed by atoms with Crippen LogP contribution in [0.4, 0.5) is 5.82 Å². The number of nitrogens with zero attached hydrogens (tertiary/aromatic N) is 2. The average Bonchev–Trinajstić information content (AvgIpc) is 2.72. The van der Waals surface area contributed by atoms with Gasteiger partial charge in [0.05, 0.1) is 5.69 Å². The molecule has 1 aromatic carbocycles. The van der Waals surface area contributed by atoms with Crippen molar-refractivity contribution in [3.63, 3.8) is 0 Å². The molecule has 112 valence electrons. The van der Waals surface area contributed by atoms with Crippen LogP contribution in [0.15, 0.2) is 24.3 Å². The molecule has 0 spiro atoms. The lowest BCUT2D eigenvalue weighted by Gasteiger charge is -2.12. The molecule has 3 N–H and O–H groups in total.